The van der Waals surface area contributed by atoms with Gasteiger partial charge in [-0.15, -0.1) is 0 Å². The smallest absolute Gasteiger partial charge is 0.253 e. The molecule has 1 atom stereocenters. The number of anilines is 1. The van der Waals surface area contributed by atoms with E-state index in [1.165, 1.54) is 0 Å². The third kappa shape index (κ3) is 3.63. The molecule has 1 aliphatic heterocycles. The molecule has 4 nitrogen and oxygen atoms in total. The molecule has 0 aromatic heterocycles. The Kier molecular flexibility index (Phi) is 5.64. The summed E-state index contributed by atoms with van der Waals surface area (Å²) in [6, 6.07) is 15.1. The standard InChI is InChI=1S/C27H27NO3/c1-4-8-20-15-28(24-14-25(30)22-11-5-6-12-23(22)26(20)24)27(31)17(2)13-19-9-7-10-21(16-29)18(19)3/h5-7,9-14,16,20,30H,4,8,15H2,1-3H3/b17-13+/t20-/m1/s1. The highest BCUT2D eigenvalue weighted by Gasteiger charge is 2.34. The molecule has 0 saturated heterocycles. The minimum atomic E-state index is -0.0783. The van der Waals surface area contributed by atoms with Crippen molar-refractivity contribution >= 4 is 34.7 Å². The van der Waals surface area contributed by atoms with Crippen molar-refractivity contribution < 1.29 is 14.7 Å². The van der Waals surface area contributed by atoms with Gasteiger partial charge < -0.3 is 10.0 Å². The van der Waals surface area contributed by atoms with Gasteiger partial charge in [0.15, 0.2) is 0 Å². The van der Waals surface area contributed by atoms with Crippen LogP contribution < -0.4 is 4.90 Å². The Morgan fingerprint density at radius 1 is 1.13 bits per heavy atom. The molecule has 1 heterocycles. The van der Waals surface area contributed by atoms with Crippen molar-refractivity contribution in [2.24, 2.45) is 0 Å². The van der Waals surface area contributed by atoms with E-state index in [4.69, 9.17) is 0 Å². The molecule has 3 aromatic carbocycles. The molecule has 4 heteroatoms. The van der Waals surface area contributed by atoms with Crippen molar-refractivity contribution in [2.75, 3.05) is 11.4 Å². The first-order chi connectivity index (χ1) is 15.0. The third-order valence-corrected chi connectivity index (χ3v) is 6.28. The fraction of sp³-hybridized carbons (Fsp3) is 0.259. The highest BCUT2D eigenvalue weighted by molar-refractivity contribution is 6.11. The monoisotopic (exact) mass is 413 g/mol. The summed E-state index contributed by atoms with van der Waals surface area (Å²) in [7, 11) is 0. The van der Waals surface area contributed by atoms with Crippen LogP contribution in [0.5, 0.6) is 5.75 Å². The molecular weight excluding hydrogens is 386 g/mol. The van der Waals surface area contributed by atoms with E-state index < -0.39 is 0 Å². The number of benzene rings is 3. The van der Waals surface area contributed by atoms with Gasteiger partial charge in [-0.25, -0.2) is 0 Å². The van der Waals surface area contributed by atoms with Gasteiger partial charge in [0, 0.05) is 35.1 Å². The predicted molar refractivity (Wildman–Crippen MR) is 126 cm³/mol. The fourth-order valence-electron chi connectivity index (χ4n) is 4.67. The minimum Gasteiger partial charge on any atom is -0.507 e. The molecular formula is C27H27NO3. The van der Waals surface area contributed by atoms with Crippen LogP contribution in [-0.2, 0) is 4.79 Å². The number of carbonyl (C=O) groups excluding carboxylic acids is 2. The van der Waals surface area contributed by atoms with Crippen molar-refractivity contribution in [3.8, 4) is 5.75 Å². The molecule has 0 unspecified atom stereocenters. The fourth-order valence-corrected chi connectivity index (χ4v) is 4.67. The largest absolute Gasteiger partial charge is 0.507 e. The van der Waals surface area contributed by atoms with Crippen LogP contribution in [0, 0.1) is 6.92 Å². The first kappa shape index (κ1) is 20.9. The zero-order valence-corrected chi connectivity index (χ0v) is 18.2. The Labute approximate surface area is 182 Å². The lowest BCUT2D eigenvalue weighted by Gasteiger charge is -2.19. The van der Waals surface area contributed by atoms with Gasteiger partial charge in [0.25, 0.3) is 5.91 Å². The summed E-state index contributed by atoms with van der Waals surface area (Å²) in [6.45, 7) is 6.46. The number of nitrogens with zero attached hydrogens (tertiary/aromatic N) is 1. The van der Waals surface area contributed by atoms with Gasteiger partial charge in [-0.2, -0.15) is 0 Å². The maximum absolute atomic E-state index is 13.5. The lowest BCUT2D eigenvalue weighted by atomic mass is 9.91. The number of aromatic hydroxyl groups is 1. The molecule has 0 spiro atoms. The zero-order chi connectivity index (χ0) is 22.1. The van der Waals surface area contributed by atoms with E-state index in [2.05, 4.69) is 6.92 Å². The number of carbonyl (C=O) groups is 2. The molecule has 0 fully saturated rings. The van der Waals surface area contributed by atoms with Crippen molar-refractivity contribution in [1.29, 1.82) is 0 Å². The summed E-state index contributed by atoms with van der Waals surface area (Å²) in [5, 5.41) is 12.5. The topological polar surface area (TPSA) is 57.6 Å². The molecule has 31 heavy (non-hydrogen) atoms. The lowest BCUT2D eigenvalue weighted by molar-refractivity contribution is -0.115. The first-order valence-electron chi connectivity index (χ1n) is 10.8. The zero-order valence-electron chi connectivity index (χ0n) is 18.2. The van der Waals surface area contributed by atoms with Gasteiger partial charge in [0.05, 0.1) is 5.69 Å². The maximum atomic E-state index is 13.5. The van der Waals surface area contributed by atoms with Gasteiger partial charge in [-0.05, 0) is 48.4 Å². The van der Waals surface area contributed by atoms with Crippen LogP contribution in [0.15, 0.2) is 54.1 Å². The molecule has 0 aliphatic carbocycles. The predicted octanol–water partition coefficient (Wildman–Crippen LogP) is 6.00. The second kappa shape index (κ2) is 8.38. The number of hydrogen-bond acceptors (Lipinski definition) is 3. The van der Waals surface area contributed by atoms with Crippen molar-refractivity contribution in [3.05, 3.63) is 76.4 Å². The average Bonchev–Trinajstić information content (AvgIpc) is 3.13. The third-order valence-electron chi connectivity index (χ3n) is 6.28. The van der Waals surface area contributed by atoms with Crippen molar-refractivity contribution in [1.82, 2.24) is 0 Å². The van der Waals surface area contributed by atoms with E-state index in [0.717, 1.165) is 52.3 Å². The van der Waals surface area contributed by atoms with E-state index in [9.17, 15) is 14.7 Å². The molecule has 0 radical (unpaired) electrons. The van der Waals surface area contributed by atoms with Crippen LogP contribution in [0.4, 0.5) is 5.69 Å². The van der Waals surface area contributed by atoms with E-state index in [1.54, 1.807) is 17.0 Å². The van der Waals surface area contributed by atoms with Gasteiger partial charge in [0.2, 0.25) is 0 Å². The van der Waals surface area contributed by atoms with Crippen LogP contribution >= 0.6 is 0 Å². The molecule has 0 saturated carbocycles. The van der Waals surface area contributed by atoms with E-state index >= 15 is 0 Å². The minimum absolute atomic E-state index is 0.0783. The van der Waals surface area contributed by atoms with Gasteiger partial charge >= 0.3 is 0 Å². The molecule has 1 N–H and O–H groups in total. The van der Waals surface area contributed by atoms with Gasteiger partial charge in [-0.1, -0.05) is 55.8 Å². The second-order valence-corrected chi connectivity index (χ2v) is 8.28. The normalized spacial score (nSPS) is 15.9. The Balaban J connectivity index is 1.78. The van der Waals surface area contributed by atoms with Crippen LogP contribution in [0.1, 0.15) is 59.7 Å². The second-order valence-electron chi connectivity index (χ2n) is 8.28. The van der Waals surface area contributed by atoms with Gasteiger partial charge in [-0.3, -0.25) is 9.59 Å². The van der Waals surface area contributed by atoms with Crippen LogP contribution in [-0.4, -0.2) is 23.8 Å². The molecule has 3 aromatic rings. The summed E-state index contributed by atoms with van der Waals surface area (Å²) < 4.78 is 0. The number of hydrogen-bond donors (Lipinski definition) is 1. The van der Waals surface area contributed by atoms with Crippen LogP contribution in [0.2, 0.25) is 0 Å². The quantitative estimate of drug-likeness (QED) is 0.412. The molecule has 0 bridgehead atoms. The van der Waals surface area contributed by atoms with E-state index in [1.807, 2.05) is 56.3 Å². The van der Waals surface area contributed by atoms with Crippen molar-refractivity contribution in [3.63, 3.8) is 0 Å². The number of phenolic OH excluding ortho intramolecular Hbond substituents is 1. The van der Waals surface area contributed by atoms with Crippen LogP contribution in [0.25, 0.3) is 16.8 Å². The molecule has 1 amide bonds. The Morgan fingerprint density at radius 2 is 1.84 bits per heavy atom. The summed E-state index contributed by atoms with van der Waals surface area (Å²) >= 11 is 0. The van der Waals surface area contributed by atoms with Crippen LogP contribution in [0.3, 0.4) is 0 Å². The summed E-state index contributed by atoms with van der Waals surface area (Å²) in [4.78, 5) is 26.5. The number of fused-ring (bicyclic) bond motifs is 3. The Hall–Kier alpha value is -3.40. The summed E-state index contributed by atoms with van der Waals surface area (Å²) in [5.74, 6) is 0.355. The lowest BCUT2D eigenvalue weighted by Crippen LogP contribution is -2.30. The molecule has 4 rings (SSSR count). The van der Waals surface area contributed by atoms with Gasteiger partial charge in [0.1, 0.15) is 12.0 Å². The summed E-state index contributed by atoms with van der Waals surface area (Å²) in [5.41, 5.74) is 4.89. The number of amides is 1. The number of rotatable bonds is 5. The molecule has 1 aliphatic rings. The van der Waals surface area contributed by atoms with E-state index in [0.29, 0.717) is 17.7 Å². The Morgan fingerprint density at radius 3 is 2.55 bits per heavy atom. The summed E-state index contributed by atoms with van der Waals surface area (Å²) in [6.07, 6.45) is 4.69. The SMILES string of the molecule is CCC[C@@H]1CN(C(=O)/C(C)=C/c2cccc(C=O)c2C)c2cc(O)c3ccccc3c21. The number of aldehydes is 1. The first-order valence-corrected chi connectivity index (χ1v) is 10.8. The maximum Gasteiger partial charge on any atom is 0.253 e. The molecule has 158 valence electrons. The van der Waals surface area contributed by atoms with E-state index in [-0.39, 0.29) is 17.6 Å². The highest BCUT2D eigenvalue weighted by atomic mass is 16.3. The Bertz CT molecular complexity index is 1210. The number of phenols is 1. The highest BCUT2D eigenvalue weighted by Crippen LogP contribution is 2.46. The average molecular weight is 414 g/mol. The van der Waals surface area contributed by atoms with Crippen molar-refractivity contribution in [2.45, 2.75) is 39.5 Å².